The molecule has 0 saturated heterocycles. The van der Waals surface area contributed by atoms with E-state index in [1.165, 1.54) is 6.21 Å². The smallest absolute Gasteiger partial charge is 0.240 e. The Morgan fingerprint density at radius 2 is 1.60 bits per heavy atom. The van der Waals surface area contributed by atoms with Gasteiger partial charge >= 0.3 is 0 Å². The second-order valence-electron chi connectivity index (χ2n) is 9.54. The van der Waals surface area contributed by atoms with Gasteiger partial charge in [0, 0.05) is 6.42 Å². The SMILES string of the molecule is CC(C)(C)c1cc(CCC(=O)N/N=C\c2ccc(O)c(Br)c2)cc(C(C)(C)C)c1O. The molecule has 2 rings (SSSR count). The first-order valence-corrected chi connectivity index (χ1v) is 10.8. The van der Waals surface area contributed by atoms with Crippen LogP contribution < -0.4 is 5.43 Å². The molecule has 0 radical (unpaired) electrons. The van der Waals surface area contributed by atoms with Gasteiger partial charge in [0.05, 0.1) is 10.7 Å². The summed E-state index contributed by atoms with van der Waals surface area (Å²) < 4.78 is 0.564. The van der Waals surface area contributed by atoms with Gasteiger partial charge in [-0.1, -0.05) is 53.7 Å². The number of nitrogens with zero attached hydrogens (tertiary/aromatic N) is 1. The van der Waals surface area contributed by atoms with Crippen LogP contribution in [0.4, 0.5) is 0 Å². The van der Waals surface area contributed by atoms with Crippen LogP contribution in [0, 0.1) is 0 Å². The lowest BCUT2D eigenvalue weighted by atomic mass is 9.78. The number of benzene rings is 2. The van der Waals surface area contributed by atoms with Crippen molar-refractivity contribution in [3.05, 3.63) is 57.1 Å². The van der Waals surface area contributed by atoms with Gasteiger partial charge in [-0.2, -0.15) is 5.10 Å². The van der Waals surface area contributed by atoms with Crippen molar-refractivity contribution in [2.45, 2.75) is 65.2 Å². The van der Waals surface area contributed by atoms with Gasteiger partial charge in [-0.15, -0.1) is 0 Å². The highest BCUT2D eigenvalue weighted by atomic mass is 79.9. The number of carbonyl (C=O) groups is 1. The summed E-state index contributed by atoms with van der Waals surface area (Å²) in [6.45, 7) is 12.4. The van der Waals surface area contributed by atoms with E-state index in [-0.39, 0.29) is 28.9 Å². The lowest BCUT2D eigenvalue weighted by molar-refractivity contribution is -0.121. The number of carbonyl (C=O) groups excluding carboxylic acids is 1. The Balaban J connectivity index is 2.09. The van der Waals surface area contributed by atoms with E-state index >= 15 is 0 Å². The molecule has 0 aliphatic heterocycles. The summed E-state index contributed by atoms with van der Waals surface area (Å²) in [4.78, 5) is 12.2. The molecule has 0 aromatic heterocycles. The fraction of sp³-hybridized carbons (Fsp3) is 0.417. The predicted octanol–water partition coefficient (Wildman–Crippen LogP) is 5.54. The van der Waals surface area contributed by atoms with Crippen LogP contribution in [-0.4, -0.2) is 22.3 Å². The van der Waals surface area contributed by atoms with Gasteiger partial charge in [0.1, 0.15) is 11.5 Å². The van der Waals surface area contributed by atoms with Crippen molar-refractivity contribution in [1.82, 2.24) is 5.43 Å². The second-order valence-corrected chi connectivity index (χ2v) is 10.4. The molecule has 0 bridgehead atoms. The Labute approximate surface area is 187 Å². The third-order valence-electron chi connectivity index (χ3n) is 4.80. The maximum atomic E-state index is 12.2. The van der Waals surface area contributed by atoms with Gasteiger partial charge in [0.2, 0.25) is 5.91 Å². The molecule has 2 aromatic rings. The van der Waals surface area contributed by atoms with Crippen LogP contribution in [0.3, 0.4) is 0 Å². The molecule has 6 heteroatoms. The zero-order valence-corrected chi connectivity index (χ0v) is 20.1. The molecule has 0 unspecified atom stereocenters. The van der Waals surface area contributed by atoms with Crippen LogP contribution in [-0.2, 0) is 22.0 Å². The number of phenols is 2. The molecular formula is C24H31BrN2O3. The van der Waals surface area contributed by atoms with E-state index in [0.717, 1.165) is 22.3 Å². The van der Waals surface area contributed by atoms with Gasteiger partial charge in [-0.25, -0.2) is 5.43 Å². The number of rotatable bonds is 5. The van der Waals surface area contributed by atoms with E-state index in [0.29, 0.717) is 16.6 Å². The summed E-state index contributed by atoms with van der Waals surface area (Å²) >= 11 is 3.25. The van der Waals surface area contributed by atoms with Crippen LogP contribution in [0.1, 0.15) is 70.2 Å². The van der Waals surface area contributed by atoms with Crippen molar-refractivity contribution in [3.63, 3.8) is 0 Å². The van der Waals surface area contributed by atoms with E-state index in [4.69, 9.17) is 0 Å². The number of nitrogens with one attached hydrogen (secondary N) is 1. The zero-order chi connectivity index (χ0) is 22.7. The van der Waals surface area contributed by atoms with Crippen molar-refractivity contribution < 1.29 is 15.0 Å². The quantitative estimate of drug-likeness (QED) is 0.393. The molecule has 0 saturated carbocycles. The number of phenolic OH excluding ortho intramolecular Hbond substituents is 2. The van der Waals surface area contributed by atoms with E-state index in [9.17, 15) is 15.0 Å². The minimum absolute atomic E-state index is 0.148. The first kappa shape index (κ1) is 23.9. The summed E-state index contributed by atoms with van der Waals surface area (Å²) in [5.74, 6) is 0.300. The van der Waals surface area contributed by atoms with E-state index < -0.39 is 0 Å². The number of amides is 1. The Hall–Kier alpha value is -2.34. The predicted molar refractivity (Wildman–Crippen MR) is 125 cm³/mol. The highest BCUT2D eigenvalue weighted by Gasteiger charge is 2.26. The molecule has 0 aliphatic carbocycles. The zero-order valence-electron chi connectivity index (χ0n) is 18.5. The first-order chi connectivity index (χ1) is 13.8. The first-order valence-electron chi connectivity index (χ1n) is 9.96. The van der Waals surface area contributed by atoms with Gasteiger partial charge < -0.3 is 10.2 Å². The summed E-state index contributed by atoms with van der Waals surface area (Å²) in [5.41, 5.74) is 5.68. The van der Waals surface area contributed by atoms with Crippen LogP contribution in [0.25, 0.3) is 0 Å². The molecular weight excluding hydrogens is 444 g/mol. The average Bonchev–Trinajstić information content (AvgIpc) is 2.61. The summed E-state index contributed by atoms with van der Waals surface area (Å²) in [5, 5.41) is 24.3. The topological polar surface area (TPSA) is 81.9 Å². The normalized spacial score (nSPS) is 12.4. The average molecular weight is 475 g/mol. The van der Waals surface area contributed by atoms with Crippen LogP contribution in [0.2, 0.25) is 0 Å². The maximum Gasteiger partial charge on any atom is 0.240 e. The highest BCUT2D eigenvalue weighted by Crippen LogP contribution is 2.40. The highest BCUT2D eigenvalue weighted by molar-refractivity contribution is 9.10. The van der Waals surface area contributed by atoms with Crippen molar-refractivity contribution in [2.75, 3.05) is 0 Å². The molecule has 162 valence electrons. The van der Waals surface area contributed by atoms with Gasteiger partial charge in [-0.05, 0) is 73.6 Å². The van der Waals surface area contributed by atoms with Gasteiger partial charge in [-0.3, -0.25) is 4.79 Å². The molecule has 0 aliphatic rings. The third kappa shape index (κ3) is 6.33. The van der Waals surface area contributed by atoms with Crippen molar-refractivity contribution in [1.29, 1.82) is 0 Å². The van der Waals surface area contributed by atoms with Crippen molar-refractivity contribution in [2.24, 2.45) is 5.10 Å². The van der Waals surface area contributed by atoms with E-state index in [1.54, 1.807) is 18.2 Å². The fourth-order valence-corrected chi connectivity index (χ4v) is 3.47. The summed E-state index contributed by atoms with van der Waals surface area (Å²) in [7, 11) is 0. The van der Waals surface area contributed by atoms with Crippen LogP contribution >= 0.6 is 15.9 Å². The molecule has 3 N–H and O–H groups in total. The Morgan fingerprint density at radius 1 is 1.03 bits per heavy atom. The number of hydrogen-bond acceptors (Lipinski definition) is 4. The Kier molecular flexibility index (Phi) is 7.35. The number of hydrazone groups is 1. The molecule has 0 atom stereocenters. The Morgan fingerprint density at radius 3 is 2.10 bits per heavy atom. The maximum absolute atomic E-state index is 12.2. The van der Waals surface area contributed by atoms with Gasteiger partial charge in [0.25, 0.3) is 0 Å². The van der Waals surface area contributed by atoms with Crippen LogP contribution in [0.5, 0.6) is 11.5 Å². The Bertz CT molecular complexity index is 919. The second kappa shape index (κ2) is 9.21. The molecule has 1 amide bonds. The molecule has 5 nitrogen and oxygen atoms in total. The lowest BCUT2D eigenvalue weighted by Crippen LogP contribution is -2.20. The number of hydrogen-bond donors (Lipinski definition) is 3. The fourth-order valence-electron chi connectivity index (χ4n) is 3.08. The minimum atomic E-state index is -0.203. The molecule has 0 fully saturated rings. The molecule has 30 heavy (non-hydrogen) atoms. The number of aromatic hydroxyl groups is 2. The van der Waals surface area contributed by atoms with E-state index in [2.05, 4.69) is 68.0 Å². The molecule has 0 heterocycles. The van der Waals surface area contributed by atoms with Crippen molar-refractivity contribution >= 4 is 28.1 Å². The van der Waals surface area contributed by atoms with Crippen molar-refractivity contribution in [3.8, 4) is 11.5 Å². The molecule has 2 aromatic carbocycles. The van der Waals surface area contributed by atoms with E-state index in [1.807, 2.05) is 12.1 Å². The third-order valence-corrected chi connectivity index (χ3v) is 5.44. The summed E-state index contributed by atoms with van der Waals surface area (Å²) in [6.07, 6.45) is 2.37. The number of halogens is 1. The number of aryl methyl sites for hydroxylation is 1. The van der Waals surface area contributed by atoms with Gasteiger partial charge in [0.15, 0.2) is 0 Å². The lowest BCUT2D eigenvalue weighted by Gasteiger charge is -2.28. The minimum Gasteiger partial charge on any atom is -0.507 e. The largest absolute Gasteiger partial charge is 0.507 e. The summed E-state index contributed by atoms with van der Waals surface area (Å²) in [6, 6.07) is 8.96. The molecule has 0 spiro atoms. The van der Waals surface area contributed by atoms with Crippen LogP contribution in [0.15, 0.2) is 39.9 Å². The standard InChI is InChI=1S/C24H31BrN2O3/c1-23(2,3)17-11-15(12-18(22(17)30)24(4,5)6)8-10-21(29)27-26-14-16-7-9-20(28)19(25)13-16/h7,9,11-14,28,30H,8,10H2,1-6H3,(H,27,29)/b26-14-. The monoisotopic (exact) mass is 474 g/mol.